The van der Waals surface area contributed by atoms with Gasteiger partial charge in [-0.2, -0.15) is 0 Å². The summed E-state index contributed by atoms with van der Waals surface area (Å²) >= 11 is 1.66. The number of alkyl halides is 2. The molecule has 2 rings (SSSR count). The van der Waals surface area contributed by atoms with Crippen molar-refractivity contribution in [3.8, 4) is 10.4 Å². The topological polar surface area (TPSA) is 81.6 Å². The first-order chi connectivity index (χ1) is 12.4. The summed E-state index contributed by atoms with van der Waals surface area (Å²) in [6.07, 6.45) is -1.88. The lowest BCUT2D eigenvalue weighted by Crippen LogP contribution is -2.60. The zero-order chi connectivity index (χ0) is 19.2. The molecule has 1 amide bonds. The van der Waals surface area contributed by atoms with Crippen molar-refractivity contribution in [3.05, 3.63) is 47.3 Å². The van der Waals surface area contributed by atoms with Gasteiger partial charge in [0.25, 0.3) is 12.3 Å². The number of nitrogens with one attached hydrogen (secondary N) is 2. The van der Waals surface area contributed by atoms with Crippen LogP contribution < -0.4 is 10.8 Å². The normalized spacial score (nSPS) is 14.8. The summed E-state index contributed by atoms with van der Waals surface area (Å²) in [5.74, 6) is -1.10. The van der Waals surface area contributed by atoms with Crippen LogP contribution >= 0.6 is 11.3 Å². The molecule has 1 heterocycles. The number of hydroxylamine groups is 1. The standard InChI is InChI=1S/C18H22F2N2O3S/c1-18(24,17(19)20)15(16(23)22-25)21-10-2-4-12-6-8-13(9-7-12)14-5-3-11-26-14/h3,5-9,11,15,17,21,24-25H,2,4,10H2,1H3,(H,22,23)/t15-,18+/m1/s1. The van der Waals surface area contributed by atoms with Gasteiger partial charge in [0, 0.05) is 4.88 Å². The van der Waals surface area contributed by atoms with Crippen LogP contribution in [-0.2, 0) is 11.2 Å². The van der Waals surface area contributed by atoms with Crippen molar-refractivity contribution in [2.24, 2.45) is 0 Å². The number of amides is 1. The molecule has 2 atom stereocenters. The summed E-state index contributed by atoms with van der Waals surface area (Å²) < 4.78 is 25.9. The lowest BCUT2D eigenvalue weighted by atomic mass is 9.96. The Kier molecular flexibility index (Phi) is 7.22. The van der Waals surface area contributed by atoms with Crippen molar-refractivity contribution >= 4 is 17.2 Å². The van der Waals surface area contributed by atoms with Gasteiger partial charge < -0.3 is 10.4 Å². The van der Waals surface area contributed by atoms with Gasteiger partial charge in [0.2, 0.25) is 0 Å². The van der Waals surface area contributed by atoms with E-state index in [2.05, 4.69) is 5.32 Å². The highest BCUT2D eigenvalue weighted by Gasteiger charge is 2.44. The van der Waals surface area contributed by atoms with Gasteiger partial charge in [-0.3, -0.25) is 10.0 Å². The Morgan fingerprint density at radius 3 is 2.50 bits per heavy atom. The molecular formula is C18H22F2N2O3S. The number of carbonyl (C=O) groups is 1. The van der Waals surface area contributed by atoms with Crippen LogP contribution in [0.15, 0.2) is 41.8 Å². The van der Waals surface area contributed by atoms with Crippen molar-refractivity contribution in [1.82, 2.24) is 10.8 Å². The summed E-state index contributed by atoms with van der Waals surface area (Å²) in [5.41, 5.74) is 0.936. The minimum Gasteiger partial charge on any atom is -0.382 e. The number of benzene rings is 1. The highest BCUT2D eigenvalue weighted by molar-refractivity contribution is 7.13. The van der Waals surface area contributed by atoms with Crippen LogP contribution in [0.4, 0.5) is 8.78 Å². The van der Waals surface area contributed by atoms with Crippen molar-refractivity contribution in [1.29, 1.82) is 0 Å². The maximum absolute atomic E-state index is 12.9. The first-order valence-electron chi connectivity index (χ1n) is 8.17. The Morgan fingerprint density at radius 1 is 1.27 bits per heavy atom. The fourth-order valence-corrected chi connectivity index (χ4v) is 3.31. The zero-order valence-corrected chi connectivity index (χ0v) is 15.1. The van der Waals surface area contributed by atoms with Gasteiger partial charge in [0.1, 0.15) is 11.6 Å². The van der Waals surface area contributed by atoms with Gasteiger partial charge in [-0.05, 0) is 48.9 Å². The molecule has 1 aromatic heterocycles. The van der Waals surface area contributed by atoms with E-state index in [1.165, 1.54) is 10.4 Å². The highest BCUT2D eigenvalue weighted by atomic mass is 32.1. The second-order valence-electron chi connectivity index (χ2n) is 6.17. The predicted octanol–water partition coefficient (Wildman–Crippen LogP) is 2.83. The number of carbonyl (C=O) groups excluding carboxylic acids is 1. The predicted molar refractivity (Wildman–Crippen MR) is 96.4 cm³/mol. The Hall–Kier alpha value is -1.87. The molecular weight excluding hydrogens is 362 g/mol. The van der Waals surface area contributed by atoms with Gasteiger partial charge in [-0.15, -0.1) is 11.3 Å². The molecule has 0 spiro atoms. The molecule has 4 N–H and O–H groups in total. The van der Waals surface area contributed by atoms with E-state index >= 15 is 0 Å². The van der Waals surface area contributed by atoms with Crippen LogP contribution in [0.2, 0.25) is 0 Å². The van der Waals surface area contributed by atoms with Crippen LogP contribution in [0.3, 0.4) is 0 Å². The smallest absolute Gasteiger partial charge is 0.268 e. The fourth-order valence-electron chi connectivity index (χ4n) is 2.57. The third-order valence-corrected chi connectivity index (χ3v) is 5.07. The van der Waals surface area contributed by atoms with Crippen LogP contribution in [0.25, 0.3) is 10.4 Å². The van der Waals surface area contributed by atoms with Crippen molar-refractivity contribution < 1.29 is 23.9 Å². The fraction of sp³-hybridized carbons (Fsp3) is 0.389. The van der Waals surface area contributed by atoms with Gasteiger partial charge in [0.05, 0.1) is 0 Å². The summed E-state index contributed by atoms with van der Waals surface area (Å²) in [6, 6.07) is 10.5. The van der Waals surface area contributed by atoms with Gasteiger partial charge in [0.15, 0.2) is 0 Å². The summed E-state index contributed by atoms with van der Waals surface area (Å²) in [7, 11) is 0. The second-order valence-corrected chi connectivity index (χ2v) is 7.12. The van der Waals surface area contributed by atoms with E-state index < -0.39 is 24.0 Å². The average molecular weight is 384 g/mol. The maximum atomic E-state index is 12.9. The Bertz CT molecular complexity index is 691. The number of hydrogen-bond donors (Lipinski definition) is 4. The Morgan fingerprint density at radius 2 is 1.96 bits per heavy atom. The number of thiophene rings is 1. The van der Waals surface area contributed by atoms with Crippen molar-refractivity contribution in [3.63, 3.8) is 0 Å². The molecule has 0 unspecified atom stereocenters. The molecule has 0 aliphatic rings. The van der Waals surface area contributed by atoms with Crippen molar-refractivity contribution in [2.75, 3.05) is 6.54 Å². The average Bonchev–Trinajstić information content (AvgIpc) is 3.16. The number of hydrogen-bond acceptors (Lipinski definition) is 5. The van der Waals surface area contributed by atoms with E-state index in [1.807, 2.05) is 41.8 Å². The van der Waals surface area contributed by atoms with Crippen LogP contribution in [0, 0.1) is 0 Å². The van der Waals surface area contributed by atoms with Gasteiger partial charge in [-0.25, -0.2) is 14.3 Å². The lowest BCUT2D eigenvalue weighted by Gasteiger charge is -2.31. The summed E-state index contributed by atoms with van der Waals surface area (Å²) in [6.45, 7) is 1.08. The van der Waals surface area contributed by atoms with E-state index in [1.54, 1.807) is 11.3 Å². The second kappa shape index (κ2) is 9.18. The number of aryl methyl sites for hydroxylation is 1. The van der Waals surface area contributed by atoms with Crippen LogP contribution in [-0.4, -0.2) is 40.8 Å². The van der Waals surface area contributed by atoms with E-state index in [-0.39, 0.29) is 6.54 Å². The van der Waals surface area contributed by atoms with E-state index in [4.69, 9.17) is 5.21 Å². The first-order valence-corrected chi connectivity index (χ1v) is 9.05. The largest absolute Gasteiger partial charge is 0.382 e. The van der Waals surface area contributed by atoms with E-state index in [0.717, 1.165) is 18.1 Å². The molecule has 0 aliphatic heterocycles. The third kappa shape index (κ3) is 5.07. The maximum Gasteiger partial charge on any atom is 0.268 e. The lowest BCUT2D eigenvalue weighted by molar-refractivity contribution is -0.150. The quantitative estimate of drug-likeness (QED) is 0.304. The molecule has 0 aliphatic carbocycles. The minimum atomic E-state index is -3.14. The molecule has 0 saturated carbocycles. The molecule has 8 heteroatoms. The third-order valence-electron chi connectivity index (χ3n) is 4.15. The Balaban J connectivity index is 1.87. The van der Waals surface area contributed by atoms with E-state index in [0.29, 0.717) is 12.8 Å². The summed E-state index contributed by atoms with van der Waals surface area (Å²) in [5, 5.41) is 23.1. The van der Waals surface area contributed by atoms with Crippen molar-refractivity contribution in [2.45, 2.75) is 37.8 Å². The monoisotopic (exact) mass is 384 g/mol. The van der Waals surface area contributed by atoms with Crippen LogP contribution in [0.1, 0.15) is 18.9 Å². The minimum absolute atomic E-state index is 0.230. The first kappa shape index (κ1) is 20.4. The number of aliphatic hydroxyl groups is 1. The molecule has 0 saturated heterocycles. The number of rotatable bonds is 9. The SMILES string of the molecule is C[C@@](O)(C(F)F)[C@H](NCCCc1ccc(-c2cccs2)cc1)C(=O)NO. The molecule has 1 aromatic carbocycles. The molecule has 0 bridgehead atoms. The van der Waals surface area contributed by atoms with Crippen LogP contribution in [0.5, 0.6) is 0 Å². The molecule has 0 radical (unpaired) electrons. The molecule has 26 heavy (non-hydrogen) atoms. The van der Waals surface area contributed by atoms with E-state index in [9.17, 15) is 18.7 Å². The molecule has 0 fully saturated rings. The number of halogens is 2. The molecule has 2 aromatic rings. The molecule has 5 nitrogen and oxygen atoms in total. The van der Waals surface area contributed by atoms with Gasteiger partial charge >= 0.3 is 0 Å². The zero-order valence-electron chi connectivity index (χ0n) is 14.3. The van der Waals surface area contributed by atoms with Gasteiger partial charge in [-0.1, -0.05) is 30.3 Å². The highest BCUT2D eigenvalue weighted by Crippen LogP contribution is 2.25. The Labute approximate surface area is 154 Å². The summed E-state index contributed by atoms with van der Waals surface area (Å²) in [4.78, 5) is 12.7. The molecule has 142 valence electrons.